The molecule has 0 spiro atoms. The third-order valence-electron chi connectivity index (χ3n) is 11.5. The molecule has 4 saturated heterocycles. The lowest BCUT2D eigenvalue weighted by Crippen LogP contribution is -2.62. The summed E-state index contributed by atoms with van der Waals surface area (Å²) in [5, 5.41) is 142. The van der Waals surface area contributed by atoms with Crippen LogP contribution in [0.1, 0.15) is 34.1 Å². The molecular weight excluding hydrogens is 912 g/mol. The summed E-state index contributed by atoms with van der Waals surface area (Å²) < 4.78 is 42.8. The lowest BCUT2D eigenvalue weighted by molar-refractivity contribution is -0.327. The summed E-state index contributed by atoms with van der Waals surface area (Å²) in [6, 6.07) is 0. The molecule has 0 aromatic carbocycles. The van der Waals surface area contributed by atoms with Crippen molar-refractivity contribution in [1.82, 2.24) is 0 Å². The number of aliphatic hydroxyl groups excluding tert-OH is 14. The molecule has 0 bridgehead atoms. The molecule has 4 fully saturated rings. The first kappa shape index (κ1) is 57.2. The molecule has 4 rings (SSSR count). The Morgan fingerprint density at radius 2 is 0.868 bits per heavy atom. The van der Waals surface area contributed by atoms with Gasteiger partial charge in [-0.15, -0.1) is 0 Å². The first-order chi connectivity index (χ1) is 32.1. The van der Waals surface area contributed by atoms with E-state index in [1.807, 2.05) is 6.92 Å². The second kappa shape index (κ2) is 26.7. The van der Waals surface area contributed by atoms with E-state index in [1.165, 1.54) is 13.0 Å². The summed E-state index contributed by atoms with van der Waals surface area (Å²) in [6.07, 6.45) is -17.5. The Bertz CT molecular complexity index is 1800. The third-order valence-corrected chi connectivity index (χ3v) is 11.5. The van der Waals surface area contributed by atoms with Crippen molar-refractivity contribution in [2.75, 3.05) is 26.4 Å². The minimum atomic E-state index is -1.85. The van der Waals surface area contributed by atoms with Gasteiger partial charge in [0, 0.05) is 5.57 Å². The molecule has 0 aromatic heterocycles. The second-order valence-electron chi connectivity index (χ2n) is 16.9. The van der Waals surface area contributed by atoms with Crippen LogP contribution in [0.5, 0.6) is 0 Å². The summed E-state index contributed by atoms with van der Waals surface area (Å²) in [6.45, 7) is 4.00. The van der Waals surface area contributed by atoms with Gasteiger partial charge in [0.1, 0.15) is 97.7 Å². The van der Waals surface area contributed by atoms with Gasteiger partial charge in [-0.05, 0) is 27.2 Å². The van der Waals surface area contributed by atoms with Crippen molar-refractivity contribution in [3.05, 3.63) is 71.4 Å². The number of aliphatic hydroxyl groups is 14. The average Bonchev–Trinajstić information content (AvgIpc) is 3.31. The zero-order valence-corrected chi connectivity index (χ0v) is 37.7. The number of ether oxygens (including phenoxy) is 8. The van der Waals surface area contributed by atoms with E-state index in [1.54, 1.807) is 62.5 Å². The highest BCUT2D eigenvalue weighted by molar-refractivity contribution is 5.88. The van der Waals surface area contributed by atoms with Gasteiger partial charge in [-0.1, -0.05) is 72.8 Å². The molecule has 0 radical (unpaired) electrons. The molecule has 14 N–H and O–H groups in total. The van der Waals surface area contributed by atoms with Gasteiger partial charge >= 0.3 is 11.9 Å². The molecule has 4 aliphatic rings. The predicted molar refractivity (Wildman–Crippen MR) is 227 cm³/mol. The number of carbonyl (C=O) groups is 2. The maximum absolute atomic E-state index is 12.9. The Kier molecular flexibility index (Phi) is 22.4. The quantitative estimate of drug-likeness (QED) is 0.0327. The molecule has 4 heterocycles. The standard InChI is InChI=1S/C44H66O24/c1-19(11-7-13-21(3)39(59)67-43-37(57)33(53)29(49)25(65-43)17-61-41-35(55)31(51)27(47)23(15-45)63-41)9-5-6-10-20(2)12-8-14-22(4)40(60)68-44-38(58)34(54)30(50)26(66-44)18-62-42-36(56)32(52)28(48)24(16-46)64-42/h5-13,22-38,41-58H,14-18H2,1-4H3/b6-5+,11-7+,12-8+,19-9+,20-10+,21-13+. The maximum Gasteiger partial charge on any atom is 0.336 e. The summed E-state index contributed by atoms with van der Waals surface area (Å²) in [5.74, 6) is -2.46. The molecule has 0 aromatic rings. The van der Waals surface area contributed by atoms with Crippen LogP contribution < -0.4 is 0 Å². The van der Waals surface area contributed by atoms with E-state index in [2.05, 4.69) is 0 Å². The van der Waals surface area contributed by atoms with Crippen LogP contribution in [0.25, 0.3) is 0 Å². The fraction of sp³-hybridized carbons (Fsp3) is 0.682. The Hall–Kier alpha value is -3.42. The summed E-state index contributed by atoms with van der Waals surface area (Å²) in [7, 11) is 0. The van der Waals surface area contributed by atoms with Gasteiger partial charge in [0.15, 0.2) is 12.6 Å². The predicted octanol–water partition coefficient (Wildman–Crippen LogP) is -5.15. The molecule has 24 heteroatoms. The molecule has 21 atom stereocenters. The minimum Gasteiger partial charge on any atom is -0.433 e. The third kappa shape index (κ3) is 15.0. The Labute approximate surface area is 391 Å². The molecule has 4 aliphatic heterocycles. The van der Waals surface area contributed by atoms with E-state index >= 15 is 0 Å². The summed E-state index contributed by atoms with van der Waals surface area (Å²) in [5.41, 5.74) is 1.67. The molecular formula is C44H66O24. The van der Waals surface area contributed by atoms with Crippen molar-refractivity contribution >= 4 is 11.9 Å². The zero-order chi connectivity index (χ0) is 50.6. The van der Waals surface area contributed by atoms with E-state index in [0.717, 1.165) is 11.1 Å². The largest absolute Gasteiger partial charge is 0.433 e. The van der Waals surface area contributed by atoms with Gasteiger partial charge in [-0.25, -0.2) is 4.79 Å². The van der Waals surface area contributed by atoms with E-state index in [4.69, 9.17) is 37.9 Å². The minimum absolute atomic E-state index is 0.0772. The van der Waals surface area contributed by atoms with Gasteiger partial charge in [0.2, 0.25) is 12.6 Å². The first-order valence-corrected chi connectivity index (χ1v) is 21.8. The van der Waals surface area contributed by atoms with Gasteiger partial charge in [0.05, 0.1) is 32.3 Å². The second-order valence-corrected chi connectivity index (χ2v) is 16.9. The first-order valence-electron chi connectivity index (χ1n) is 21.8. The highest BCUT2D eigenvalue weighted by atomic mass is 16.8. The Morgan fingerprint density at radius 3 is 1.31 bits per heavy atom. The lowest BCUT2D eigenvalue weighted by atomic mass is 9.98. The molecule has 0 aliphatic carbocycles. The highest BCUT2D eigenvalue weighted by Gasteiger charge is 2.50. The van der Waals surface area contributed by atoms with Crippen LogP contribution in [0, 0.1) is 5.92 Å². The number of carbonyl (C=O) groups excluding carboxylic acids is 2. The van der Waals surface area contributed by atoms with Gasteiger partial charge in [-0.2, -0.15) is 0 Å². The van der Waals surface area contributed by atoms with Crippen molar-refractivity contribution in [2.45, 2.75) is 157 Å². The van der Waals surface area contributed by atoms with E-state index in [0.29, 0.717) is 0 Å². The average molecular weight is 979 g/mol. The maximum atomic E-state index is 12.9. The van der Waals surface area contributed by atoms with Crippen molar-refractivity contribution in [1.29, 1.82) is 0 Å². The molecule has 0 amide bonds. The van der Waals surface area contributed by atoms with E-state index in [-0.39, 0.29) is 12.0 Å². The smallest absolute Gasteiger partial charge is 0.336 e. The van der Waals surface area contributed by atoms with Crippen LogP contribution in [0.15, 0.2) is 71.4 Å². The van der Waals surface area contributed by atoms with Crippen LogP contribution in [0.4, 0.5) is 0 Å². The van der Waals surface area contributed by atoms with Crippen LogP contribution in [-0.4, -0.2) is 233 Å². The Morgan fingerprint density at radius 1 is 0.485 bits per heavy atom. The molecule has 386 valence electrons. The van der Waals surface area contributed by atoms with Crippen LogP contribution in [0.3, 0.4) is 0 Å². The fourth-order valence-electron chi connectivity index (χ4n) is 7.01. The van der Waals surface area contributed by atoms with Crippen molar-refractivity contribution in [3.63, 3.8) is 0 Å². The van der Waals surface area contributed by atoms with E-state index in [9.17, 15) is 81.1 Å². The fourth-order valence-corrected chi connectivity index (χ4v) is 7.01. The number of rotatable bonds is 19. The topological polar surface area (TPSA) is 391 Å². The normalized spacial score (nSPS) is 40.5. The summed E-state index contributed by atoms with van der Waals surface area (Å²) >= 11 is 0. The van der Waals surface area contributed by atoms with Crippen LogP contribution in [0.2, 0.25) is 0 Å². The van der Waals surface area contributed by atoms with Gasteiger partial charge in [-0.3, -0.25) is 4.79 Å². The monoisotopic (exact) mass is 978 g/mol. The number of allylic oxidation sites excluding steroid dienone is 11. The van der Waals surface area contributed by atoms with Gasteiger partial charge in [0.25, 0.3) is 0 Å². The summed E-state index contributed by atoms with van der Waals surface area (Å²) in [4.78, 5) is 25.7. The van der Waals surface area contributed by atoms with Crippen LogP contribution in [-0.2, 0) is 47.5 Å². The molecule has 24 nitrogen and oxygen atoms in total. The SMILES string of the molecule is CC(/C=C/C=C(\C)C(=O)OC1OC(COC2OC(CO)C(O)C(O)C2O)C(O)C(O)C1O)=C\C=C\C=C(C)\C=C\CC(C)C(=O)OC1OC(COC2OC(CO)C(O)C(O)C2O)C(O)C(O)C1O. The van der Waals surface area contributed by atoms with E-state index < -0.39 is 167 Å². The number of hydrogen-bond donors (Lipinski definition) is 14. The molecule has 68 heavy (non-hydrogen) atoms. The number of hydrogen-bond acceptors (Lipinski definition) is 24. The van der Waals surface area contributed by atoms with Gasteiger partial charge < -0.3 is 109 Å². The lowest BCUT2D eigenvalue weighted by Gasteiger charge is -2.42. The van der Waals surface area contributed by atoms with Crippen LogP contribution >= 0.6 is 0 Å². The van der Waals surface area contributed by atoms with Crippen molar-refractivity contribution < 1.29 is 119 Å². The molecule has 21 unspecified atom stereocenters. The number of esters is 2. The highest BCUT2D eigenvalue weighted by Crippen LogP contribution is 2.29. The van der Waals surface area contributed by atoms with Crippen molar-refractivity contribution in [3.8, 4) is 0 Å². The van der Waals surface area contributed by atoms with Crippen molar-refractivity contribution in [2.24, 2.45) is 5.92 Å². The zero-order valence-electron chi connectivity index (χ0n) is 37.7. The molecule has 0 saturated carbocycles. The Balaban J connectivity index is 1.21.